The molecular formula is C21H15NO3. The first-order valence-electron chi connectivity index (χ1n) is 8.17. The highest BCUT2D eigenvalue weighted by atomic mass is 16.6. The summed E-state index contributed by atoms with van der Waals surface area (Å²) in [5.74, 6) is 1.08. The molecule has 2 aliphatic rings. The summed E-state index contributed by atoms with van der Waals surface area (Å²) in [7, 11) is 1.85. The van der Waals surface area contributed by atoms with Gasteiger partial charge in [0.1, 0.15) is 11.5 Å². The van der Waals surface area contributed by atoms with E-state index < -0.39 is 5.60 Å². The van der Waals surface area contributed by atoms with Gasteiger partial charge in [-0.15, -0.1) is 0 Å². The first kappa shape index (κ1) is 14.1. The van der Waals surface area contributed by atoms with E-state index in [9.17, 15) is 4.79 Å². The van der Waals surface area contributed by atoms with Crippen LogP contribution in [0.5, 0.6) is 11.5 Å². The van der Waals surface area contributed by atoms with E-state index in [1.807, 2.05) is 73.8 Å². The van der Waals surface area contributed by atoms with Gasteiger partial charge in [0, 0.05) is 29.4 Å². The summed E-state index contributed by atoms with van der Waals surface area (Å²) in [6, 6.07) is 21.1. The largest absolute Gasteiger partial charge is 0.456 e. The maximum atomic E-state index is 12.7. The Hall–Kier alpha value is -3.27. The number of carbonyl (C=O) groups is 1. The molecule has 4 heteroatoms. The van der Waals surface area contributed by atoms with E-state index in [1.165, 1.54) is 0 Å². The van der Waals surface area contributed by atoms with Gasteiger partial charge < -0.3 is 14.8 Å². The van der Waals surface area contributed by atoms with Crippen molar-refractivity contribution in [1.29, 1.82) is 0 Å². The summed E-state index contributed by atoms with van der Waals surface area (Å²) >= 11 is 0. The predicted octanol–water partition coefficient (Wildman–Crippen LogP) is 4.30. The topological polar surface area (TPSA) is 47.6 Å². The van der Waals surface area contributed by atoms with Gasteiger partial charge in [-0.3, -0.25) is 0 Å². The van der Waals surface area contributed by atoms with Crippen LogP contribution in [0.25, 0.3) is 0 Å². The number of carbonyl (C=O) groups excluding carboxylic acids is 1. The highest BCUT2D eigenvalue weighted by Crippen LogP contribution is 2.57. The number of ether oxygens (including phenoxy) is 2. The van der Waals surface area contributed by atoms with Gasteiger partial charge >= 0.3 is 5.97 Å². The van der Waals surface area contributed by atoms with Crippen LogP contribution in [-0.2, 0) is 10.3 Å². The minimum Gasteiger partial charge on any atom is -0.456 e. The van der Waals surface area contributed by atoms with Crippen molar-refractivity contribution in [3.8, 4) is 11.5 Å². The Bertz CT molecular complexity index is 980. The normalized spacial score (nSPS) is 15.6. The number of nitrogens with one attached hydrogen (secondary N) is 1. The van der Waals surface area contributed by atoms with Gasteiger partial charge in [-0.05, 0) is 24.3 Å². The fourth-order valence-corrected chi connectivity index (χ4v) is 3.89. The Kier molecular flexibility index (Phi) is 2.74. The molecule has 0 saturated carbocycles. The Morgan fingerprint density at radius 2 is 1.48 bits per heavy atom. The van der Waals surface area contributed by atoms with Gasteiger partial charge in [0.25, 0.3) is 0 Å². The third kappa shape index (κ3) is 1.68. The zero-order valence-electron chi connectivity index (χ0n) is 13.6. The summed E-state index contributed by atoms with van der Waals surface area (Å²) in [6.07, 6.45) is 0. The maximum Gasteiger partial charge on any atom is 0.340 e. The second-order valence-corrected chi connectivity index (χ2v) is 6.14. The van der Waals surface area contributed by atoms with Crippen LogP contribution < -0.4 is 10.1 Å². The highest BCUT2D eigenvalue weighted by Gasteiger charge is 2.54. The van der Waals surface area contributed by atoms with Gasteiger partial charge in [0.05, 0.1) is 5.56 Å². The Morgan fingerprint density at radius 1 is 0.840 bits per heavy atom. The number of rotatable bonds is 1. The van der Waals surface area contributed by atoms with Crippen LogP contribution in [0.4, 0.5) is 5.69 Å². The van der Waals surface area contributed by atoms with Gasteiger partial charge in [-0.2, -0.15) is 0 Å². The Morgan fingerprint density at radius 3 is 2.12 bits per heavy atom. The lowest BCUT2D eigenvalue weighted by molar-refractivity contribution is 0.0226. The summed E-state index contributed by atoms with van der Waals surface area (Å²) in [6.45, 7) is 0. The average Bonchev–Trinajstić information content (AvgIpc) is 2.96. The molecule has 0 amide bonds. The van der Waals surface area contributed by atoms with Gasteiger partial charge in [0.15, 0.2) is 5.60 Å². The lowest BCUT2D eigenvalue weighted by Gasteiger charge is -2.37. The van der Waals surface area contributed by atoms with Crippen LogP contribution in [-0.4, -0.2) is 13.0 Å². The monoisotopic (exact) mass is 329 g/mol. The SMILES string of the molecule is CNc1cccc2c1C1(OC2=O)c2ccccc2Oc2ccccc21. The molecule has 1 spiro atoms. The van der Waals surface area contributed by atoms with Crippen LogP contribution in [0.2, 0.25) is 0 Å². The molecule has 1 N–H and O–H groups in total. The molecule has 0 saturated heterocycles. The molecule has 0 fully saturated rings. The minimum absolute atomic E-state index is 0.321. The van der Waals surface area contributed by atoms with E-state index in [1.54, 1.807) is 0 Å². The van der Waals surface area contributed by atoms with E-state index in [0.717, 1.165) is 22.4 Å². The lowest BCUT2D eigenvalue weighted by atomic mass is 9.77. The van der Waals surface area contributed by atoms with Gasteiger partial charge in [-0.25, -0.2) is 4.79 Å². The molecule has 2 aliphatic heterocycles. The van der Waals surface area contributed by atoms with E-state index in [4.69, 9.17) is 9.47 Å². The second-order valence-electron chi connectivity index (χ2n) is 6.14. The molecule has 3 aromatic carbocycles. The molecule has 0 radical (unpaired) electrons. The number of hydrogen-bond donors (Lipinski definition) is 1. The molecule has 122 valence electrons. The molecule has 4 nitrogen and oxygen atoms in total. The van der Waals surface area contributed by atoms with Crippen molar-refractivity contribution in [3.63, 3.8) is 0 Å². The number of hydrogen-bond acceptors (Lipinski definition) is 4. The van der Waals surface area contributed by atoms with E-state index in [0.29, 0.717) is 17.1 Å². The highest BCUT2D eigenvalue weighted by molar-refractivity contribution is 5.99. The second kappa shape index (κ2) is 4.86. The van der Waals surface area contributed by atoms with Crippen molar-refractivity contribution in [3.05, 3.63) is 89.0 Å². The first-order chi connectivity index (χ1) is 12.3. The number of para-hydroxylation sites is 2. The quantitative estimate of drug-likeness (QED) is 0.676. The van der Waals surface area contributed by atoms with Crippen molar-refractivity contribution in [2.24, 2.45) is 0 Å². The summed E-state index contributed by atoms with van der Waals surface area (Å²) < 4.78 is 12.2. The molecular weight excluding hydrogens is 314 g/mol. The van der Waals surface area contributed by atoms with Gasteiger partial charge in [-0.1, -0.05) is 42.5 Å². The van der Waals surface area contributed by atoms with Crippen LogP contribution in [0.15, 0.2) is 66.7 Å². The zero-order valence-corrected chi connectivity index (χ0v) is 13.6. The van der Waals surface area contributed by atoms with Crippen molar-refractivity contribution in [2.45, 2.75) is 5.60 Å². The van der Waals surface area contributed by atoms with Crippen molar-refractivity contribution in [1.82, 2.24) is 0 Å². The first-order valence-corrected chi connectivity index (χ1v) is 8.17. The molecule has 0 atom stereocenters. The smallest absolute Gasteiger partial charge is 0.340 e. The summed E-state index contributed by atoms with van der Waals surface area (Å²) in [5.41, 5.74) is 2.96. The number of fused-ring (bicyclic) bond motifs is 6. The summed E-state index contributed by atoms with van der Waals surface area (Å²) in [5, 5.41) is 3.21. The van der Waals surface area contributed by atoms with Crippen molar-refractivity contribution in [2.75, 3.05) is 12.4 Å². The van der Waals surface area contributed by atoms with Crippen LogP contribution in [0.1, 0.15) is 27.0 Å². The Labute approximate surface area is 145 Å². The molecule has 25 heavy (non-hydrogen) atoms. The van der Waals surface area contributed by atoms with Crippen molar-refractivity contribution >= 4 is 11.7 Å². The molecule has 3 aromatic rings. The Balaban J connectivity index is 1.95. The number of anilines is 1. The third-order valence-corrected chi connectivity index (χ3v) is 4.90. The van der Waals surface area contributed by atoms with Crippen LogP contribution in [0.3, 0.4) is 0 Å². The predicted molar refractivity (Wildman–Crippen MR) is 94.2 cm³/mol. The maximum absolute atomic E-state index is 12.7. The molecule has 2 heterocycles. The van der Waals surface area contributed by atoms with E-state index in [-0.39, 0.29) is 5.97 Å². The van der Waals surface area contributed by atoms with Crippen LogP contribution in [0, 0.1) is 0 Å². The molecule has 5 rings (SSSR count). The third-order valence-electron chi connectivity index (χ3n) is 4.90. The standard InChI is InChI=1S/C21H15NO3/c1-22-16-10-6-7-13-19(16)21(25-20(13)23)14-8-2-4-11-17(14)24-18-12-5-3-9-15(18)21/h2-12,22H,1H3. The summed E-state index contributed by atoms with van der Waals surface area (Å²) in [4.78, 5) is 12.7. The minimum atomic E-state index is -1.00. The molecule has 0 aromatic heterocycles. The van der Waals surface area contributed by atoms with Crippen LogP contribution >= 0.6 is 0 Å². The molecule has 0 unspecified atom stereocenters. The molecule has 0 aliphatic carbocycles. The lowest BCUT2D eigenvalue weighted by Crippen LogP contribution is -2.33. The van der Waals surface area contributed by atoms with E-state index in [2.05, 4.69) is 5.32 Å². The van der Waals surface area contributed by atoms with E-state index >= 15 is 0 Å². The van der Waals surface area contributed by atoms with Crippen molar-refractivity contribution < 1.29 is 14.3 Å². The number of benzene rings is 3. The molecule has 0 bridgehead atoms. The number of esters is 1. The zero-order chi connectivity index (χ0) is 17.0. The van der Waals surface area contributed by atoms with Gasteiger partial charge in [0.2, 0.25) is 0 Å². The average molecular weight is 329 g/mol. The fraction of sp³-hybridized carbons (Fsp3) is 0.0952. The fourth-order valence-electron chi connectivity index (χ4n) is 3.89.